The molecule has 1 amide bonds. The minimum absolute atomic E-state index is 0.177. The number of hydrogen-bond donors (Lipinski definition) is 1. The molecule has 3 rings (SSSR count). The third-order valence-corrected chi connectivity index (χ3v) is 6.89. The van der Waals surface area contributed by atoms with Gasteiger partial charge in [-0.15, -0.1) is 0 Å². The molecule has 1 saturated heterocycles. The molecule has 0 atom stereocenters. The Morgan fingerprint density at radius 3 is 2.59 bits per heavy atom. The molecule has 0 bridgehead atoms. The highest BCUT2D eigenvalue weighted by molar-refractivity contribution is 7.89. The van der Waals surface area contributed by atoms with Crippen molar-refractivity contribution in [2.45, 2.75) is 44.6 Å². The van der Waals surface area contributed by atoms with Crippen LogP contribution >= 0.6 is 0 Å². The van der Waals surface area contributed by atoms with Crippen LogP contribution < -0.4 is 9.88 Å². The van der Waals surface area contributed by atoms with Crippen LogP contribution in [0.2, 0.25) is 0 Å². The number of anilines is 1. The second-order valence-electron chi connectivity index (χ2n) is 6.95. The summed E-state index contributed by atoms with van der Waals surface area (Å²) in [7, 11) is -3.51. The number of carbonyl (C=O) groups excluding carboxylic acids is 1. The molecule has 7 heteroatoms. The lowest BCUT2D eigenvalue weighted by atomic mass is 10.2. The number of nitrogens with zero attached hydrogens (tertiary/aromatic N) is 2. The maximum atomic E-state index is 12.8. The molecular weight excluding hydrogens is 362 g/mol. The molecule has 1 aliphatic heterocycles. The van der Waals surface area contributed by atoms with Crippen LogP contribution in [0.1, 0.15) is 30.5 Å². The number of benzene rings is 1. The lowest BCUT2D eigenvalue weighted by molar-refractivity contribution is -0.690. The number of hydrogen-bond acceptors (Lipinski definition) is 3. The number of sulfonamides is 1. The van der Waals surface area contributed by atoms with Crippen LogP contribution in [0, 0.1) is 13.8 Å². The van der Waals surface area contributed by atoms with Crippen LogP contribution in [0.25, 0.3) is 0 Å². The molecule has 1 aromatic heterocycles. The number of aryl methyl sites for hydroxylation is 1. The first kappa shape index (κ1) is 19.5. The van der Waals surface area contributed by atoms with Gasteiger partial charge in [-0.2, -0.15) is 8.87 Å². The summed E-state index contributed by atoms with van der Waals surface area (Å²) in [6.45, 7) is 5.26. The number of pyridine rings is 1. The molecule has 6 nitrogen and oxygen atoms in total. The standard InChI is InChI=1S/C20H25N3O3S/c1-16-8-7-11-22(17(16)2)15-20(24)21-18-9-6-10-19(14-18)27(25,26)23-12-4-3-5-13-23/h6-11,14H,3-5,12-13,15H2,1-2H3/p+1. The number of carbonyl (C=O) groups is 1. The molecule has 2 heterocycles. The van der Waals surface area contributed by atoms with Gasteiger partial charge in [0.2, 0.25) is 16.6 Å². The average molecular weight is 389 g/mol. The number of amides is 1. The van der Waals surface area contributed by atoms with Crippen LogP contribution in [0.3, 0.4) is 0 Å². The number of nitrogens with one attached hydrogen (secondary N) is 1. The quantitative estimate of drug-likeness (QED) is 0.800. The first-order valence-corrected chi connectivity index (χ1v) is 10.7. The van der Waals surface area contributed by atoms with E-state index in [1.807, 2.05) is 36.7 Å². The van der Waals surface area contributed by atoms with Gasteiger partial charge in [0.15, 0.2) is 11.9 Å². The zero-order valence-corrected chi connectivity index (χ0v) is 16.6. The van der Waals surface area contributed by atoms with Crippen molar-refractivity contribution in [1.29, 1.82) is 0 Å². The van der Waals surface area contributed by atoms with E-state index in [0.29, 0.717) is 18.8 Å². The van der Waals surface area contributed by atoms with Crippen LogP contribution in [0.4, 0.5) is 5.69 Å². The first-order valence-electron chi connectivity index (χ1n) is 9.23. The summed E-state index contributed by atoms with van der Waals surface area (Å²) in [5.41, 5.74) is 2.62. The summed E-state index contributed by atoms with van der Waals surface area (Å²) in [6, 6.07) is 10.4. The molecule has 1 N–H and O–H groups in total. The average Bonchev–Trinajstić information content (AvgIpc) is 2.66. The summed E-state index contributed by atoms with van der Waals surface area (Å²) >= 11 is 0. The zero-order valence-electron chi connectivity index (χ0n) is 15.8. The predicted octanol–water partition coefficient (Wildman–Crippen LogP) is 2.40. The minimum Gasteiger partial charge on any atom is -0.321 e. The predicted molar refractivity (Wildman–Crippen MR) is 104 cm³/mol. The molecule has 0 saturated carbocycles. The van der Waals surface area contributed by atoms with Crippen molar-refractivity contribution < 1.29 is 17.8 Å². The maximum Gasteiger partial charge on any atom is 0.290 e. The van der Waals surface area contributed by atoms with Gasteiger partial charge in [-0.05, 0) is 44.0 Å². The largest absolute Gasteiger partial charge is 0.321 e. The van der Waals surface area contributed by atoms with E-state index >= 15 is 0 Å². The molecule has 0 unspecified atom stereocenters. The Morgan fingerprint density at radius 2 is 1.85 bits per heavy atom. The molecule has 0 aliphatic carbocycles. The molecular formula is C20H26N3O3S+. The number of rotatable bonds is 5. The van der Waals surface area contributed by atoms with Crippen LogP contribution in [0.15, 0.2) is 47.5 Å². The molecule has 1 fully saturated rings. The molecule has 0 spiro atoms. The second kappa shape index (κ2) is 8.19. The van der Waals surface area contributed by atoms with Gasteiger partial charge in [-0.25, -0.2) is 8.42 Å². The van der Waals surface area contributed by atoms with Crippen LogP contribution in [-0.2, 0) is 21.4 Å². The summed E-state index contributed by atoms with van der Waals surface area (Å²) in [6.07, 6.45) is 4.71. The minimum atomic E-state index is -3.51. The maximum absolute atomic E-state index is 12.8. The fourth-order valence-corrected chi connectivity index (χ4v) is 4.83. The van der Waals surface area contributed by atoms with E-state index in [9.17, 15) is 13.2 Å². The van der Waals surface area contributed by atoms with E-state index in [1.54, 1.807) is 18.2 Å². The van der Waals surface area contributed by atoms with Crippen molar-refractivity contribution in [2.75, 3.05) is 18.4 Å². The van der Waals surface area contributed by atoms with Crippen LogP contribution in [0.5, 0.6) is 0 Å². The number of aromatic nitrogens is 1. The summed E-state index contributed by atoms with van der Waals surface area (Å²) in [4.78, 5) is 12.6. The van der Waals surface area contributed by atoms with E-state index in [2.05, 4.69) is 5.32 Å². The summed E-state index contributed by atoms with van der Waals surface area (Å²) in [5, 5.41) is 2.81. The van der Waals surface area contributed by atoms with E-state index in [-0.39, 0.29) is 17.3 Å². The van der Waals surface area contributed by atoms with Crippen molar-refractivity contribution in [3.8, 4) is 0 Å². The van der Waals surface area contributed by atoms with Gasteiger partial charge < -0.3 is 5.32 Å². The summed E-state index contributed by atoms with van der Waals surface area (Å²) in [5.74, 6) is -0.193. The van der Waals surface area contributed by atoms with E-state index in [0.717, 1.165) is 30.5 Å². The molecule has 27 heavy (non-hydrogen) atoms. The van der Waals surface area contributed by atoms with E-state index < -0.39 is 10.0 Å². The van der Waals surface area contributed by atoms with Gasteiger partial charge in [0.05, 0.1) is 4.90 Å². The molecule has 144 valence electrons. The molecule has 1 aliphatic rings. The number of piperidine rings is 1. The molecule has 0 radical (unpaired) electrons. The van der Waals surface area contributed by atoms with Crippen molar-refractivity contribution in [2.24, 2.45) is 0 Å². The first-order chi connectivity index (χ1) is 12.9. The normalized spacial score (nSPS) is 15.5. The molecule has 2 aromatic rings. The summed E-state index contributed by atoms with van der Waals surface area (Å²) < 4.78 is 29.0. The smallest absolute Gasteiger partial charge is 0.290 e. The van der Waals surface area contributed by atoms with E-state index in [4.69, 9.17) is 0 Å². The van der Waals surface area contributed by atoms with Crippen LogP contribution in [-0.4, -0.2) is 31.7 Å². The van der Waals surface area contributed by atoms with Crippen molar-refractivity contribution in [1.82, 2.24) is 4.31 Å². The highest BCUT2D eigenvalue weighted by Crippen LogP contribution is 2.22. The Bertz CT molecular complexity index is 935. The van der Waals surface area contributed by atoms with Gasteiger partial charge in [0, 0.05) is 37.3 Å². The van der Waals surface area contributed by atoms with Gasteiger partial charge in [0.1, 0.15) is 0 Å². The third-order valence-electron chi connectivity index (χ3n) is 5.00. The second-order valence-corrected chi connectivity index (χ2v) is 8.88. The van der Waals surface area contributed by atoms with Crippen molar-refractivity contribution >= 4 is 21.6 Å². The SMILES string of the molecule is Cc1ccc[n+](CC(=O)Nc2cccc(S(=O)(=O)N3CCCCC3)c2)c1C. The van der Waals surface area contributed by atoms with Gasteiger partial charge >= 0.3 is 0 Å². The fraction of sp³-hybridized carbons (Fsp3) is 0.400. The highest BCUT2D eigenvalue weighted by atomic mass is 32.2. The monoisotopic (exact) mass is 388 g/mol. The van der Waals surface area contributed by atoms with Gasteiger partial charge in [0.25, 0.3) is 5.91 Å². The Labute approximate surface area is 160 Å². The third kappa shape index (κ3) is 4.54. The highest BCUT2D eigenvalue weighted by Gasteiger charge is 2.26. The lowest BCUT2D eigenvalue weighted by Gasteiger charge is -2.26. The van der Waals surface area contributed by atoms with Gasteiger partial charge in [-0.1, -0.05) is 12.5 Å². The fourth-order valence-electron chi connectivity index (χ4n) is 3.27. The zero-order chi connectivity index (χ0) is 19.4. The van der Waals surface area contributed by atoms with Crippen molar-refractivity contribution in [3.63, 3.8) is 0 Å². The Balaban J connectivity index is 1.73. The van der Waals surface area contributed by atoms with Gasteiger partial charge in [-0.3, -0.25) is 4.79 Å². The molecule has 1 aromatic carbocycles. The Morgan fingerprint density at radius 1 is 1.11 bits per heavy atom. The lowest BCUT2D eigenvalue weighted by Crippen LogP contribution is -2.43. The van der Waals surface area contributed by atoms with Crippen molar-refractivity contribution in [3.05, 3.63) is 53.9 Å². The Kier molecular flexibility index (Phi) is 5.92. The topological polar surface area (TPSA) is 70.4 Å². The van der Waals surface area contributed by atoms with E-state index in [1.165, 1.54) is 10.4 Å². The Hall–Kier alpha value is -2.25.